The highest BCUT2D eigenvalue weighted by molar-refractivity contribution is 5.81. The molecule has 0 bridgehead atoms. The van der Waals surface area contributed by atoms with Gasteiger partial charge in [-0.1, -0.05) is 17.4 Å². The Kier molecular flexibility index (Phi) is 2.79. The largest absolute Gasteiger partial charge is 0.396 e. The number of rotatable bonds is 2. The van der Waals surface area contributed by atoms with Crippen LogP contribution in [0.4, 0.5) is 11.8 Å². The number of aliphatic hydroxyl groups excluding tert-OH is 1. The van der Waals surface area contributed by atoms with Crippen molar-refractivity contribution in [2.45, 2.75) is 18.9 Å². The van der Waals surface area contributed by atoms with Crippen LogP contribution in [0.1, 0.15) is 18.9 Å². The van der Waals surface area contributed by atoms with Crippen molar-refractivity contribution in [1.82, 2.24) is 25.0 Å². The molecule has 2 aromatic rings. The fraction of sp³-hybridized carbons (Fsp3) is 0.455. The van der Waals surface area contributed by atoms with E-state index < -0.39 is 0 Å². The molecule has 0 aliphatic heterocycles. The van der Waals surface area contributed by atoms with Crippen LogP contribution < -0.4 is 11.5 Å². The second-order valence-electron chi connectivity index (χ2n) is 4.69. The van der Waals surface area contributed by atoms with Crippen molar-refractivity contribution >= 4 is 22.9 Å². The predicted molar refractivity (Wildman–Crippen MR) is 69.9 cm³/mol. The summed E-state index contributed by atoms with van der Waals surface area (Å²) in [6, 6.07) is 0.00426. The Labute approximate surface area is 109 Å². The van der Waals surface area contributed by atoms with Gasteiger partial charge in [-0.2, -0.15) is 9.97 Å². The molecule has 0 unspecified atom stereocenters. The van der Waals surface area contributed by atoms with Gasteiger partial charge < -0.3 is 16.6 Å². The second kappa shape index (κ2) is 4.47. The first kappa shape index (κ1) is 11.8. The Morgan fingerprint density at radius 1 is 1.37 bits per heavy atom. The van der Waals surface area contributed by atoms with Crippen molar-refractivity contribution in [3.8, 4) is 0 Å². The molecule has 0 amide bonds. The van der Waals surface area contributed by atoms with Gasteiger partial charge in [-0.05, 0) is 18.8 Å². The molecular weight excluding hydrogens is 246 g/mol. The minimum atomic E-state index is 0.00426. The minimum Gasteiger partial charge on any atom is -0.396 e. The lowest BCUT2D eigenvalue weighted by molar-refractivity contribution is 0.202. The minimum absolute atomic E-state index is 0.00426. The molecule has 0 spiro atoms. The average molecular weight is 261 g/mol. The van der Waals surface area contributed by atoms with Crippen molar-refractivity contribution in [1.29, 1.82) is 0 Å². The molecule has 100 valence electrons. The molecule has 19 heavy (non-hydrogen) atoms. The zero-order valence-electron chi connectivity index (χ0n) is 10.3. The number of allylic oxidation sites excluding steroid dienone is 2. The van der Waals surface area contributed by atoms with Crippen LogP contribution in [0, 0.1) is 5.92 Å². The van der Waals surface area contributed by atoms with Crippen molar-refractivity contribution in [2.24, 2.45) is 5.92 Å². The van der Waals surface area contributed by atoms with E-state index in [0.717, 1.165) is 12.8 Å². The Bertz CT molecular complexity index is 635. The van der Waals surface area contributed by atoms with Gasteiger partial charge in [0.15, 0.2) is 17.0 Å². The van der Waals surface area contributed by atoms with Gasteiger partial charge in [0.1, 0.15) is 0 Å². The molecule has 2 heterocycles. The van der Waals surface area contributed by atoms with Gasteiger partial charge in [-0.25, -0.2) is 4.68 Å². The number of aliphatic hydroxyl groups is 1. The number of nitrogens with two attached hydrogens (primary N) is 2. The number of hydrogen-bond donors (Lipinski definition) is 3. The van der Waals surface area contributed by atoms with Crippen LogP contribution in [0.5, 0.6) is 0 Å². The normalized spacial score (nSPS) is 23.0. The van der Waals surface area contributed by atoms with Gasteiger partial charge in [0.05, 0.1) is 6.04 Å². The van der Waals surface area contributed by atoms with Gasteiger partial charge in [0, 0.05) is 6.61 Å². The van der Waals surface area contributed by atoms with E-state index in [-0.39, 0.29) is 30.3 Å². The summed E-state index contributed by atoms with van der Waals surface area (Å²) < 4.78 is 1.68. The van der Waals surface area contributed by atoms with E-state index in [1.165, 1.54) is 0 Å². The van der Waals surface area contributed by atoms with Crippen LogP contribution in [0.25, 0.3) is 11.2 Å². The highest BCUT2D eigenvalue weighted by Crippen LogP contribution is 2.29. The summed E-state index contributed by atoms with van der Waals surface area (Å²) in [5, 5.41) is 17.3. The lowest BCUT2D eigenvalue weighted by Gasteiger charge is -2.23. The van der Waals surface area contributed by atoms with Gasteiger partial charge in [-0.15, -0.1) is 5.10 Å². The smallest absolute Gasteiger partial charge is 0.224 e. The van der Waals surface area contributed by atoms with E-state index in [4.69, 9.17) is 11.5 Å². The Hall–Kier alpha value is -2.22. The Morgan fingerprint density at radius 3 is 3.00 bits per heavy atom. The number of hydrogen-bond acceptors (Lipinski definition) is 7. The topological polar surface area (TPSA) is 129 Å². The fourth-order valence-electron chi connectivity index (χ4n) is 2.37. The SMILES string of the molecule is Nc1nc(N)c2nnn([C@@H]3C=CC[C@@H](CO)C3)c2n1. The molecule has 1 aliphatic carbocycles. The molecule has 2 atom stereocenters. The summed E-state index contributed by atoms with van der Waals surface area (Å²) in [7, 11) is 0. The van der Waals surface area contributed by atoms with E-state index in [2.05, 4.69) is 20.3 Å². The standard InChI is InChI=1S/C11H15N7O/c12-9-8-10(15-11(13)14-9)18(17-16-8)7-3-1-2-6(4-7)5-19/h1,3,6-7,19H,2,4-5H2,(H4,12,13,14,15)/t6-,7-/m1/s1. The summed E-state index contributed by atoms with van der Waals surface area (Å²) in [5.74, 6) is 0.560. The molecule has 0 radical (unpaired) electrons. The van der Waals surface area contributed by atoms with Crippen LogP contribution in [0.2, 0.25) is 0 Å². The molecule has 0 aromatic carbocycles. The summed E-state index contributed by atoms with van der Waals surface area (Å²) in [6.07, 6.45) is 5.74. The number of aromatic nitrogens is 5. The molecule has 0 saturated carbocycles. The first-order chi connectivity index (χ1) is 9.19. The lowest BCUT2D eigenvalue weighted by Crippen LogP contribution is -2.19. The van der Waals surface area contributed by atoms with E-state index >= 15 is 0 Å². The lowest BCUT2D eigenvalue weighted by atomic mass is 9.92. The fourth-order valence-corrected chi connectivity index (χ4v) is 2.37. The van der Waals surface area contributed by atoms with Crippen LogP contribution in [-0.4, -0.2) is 36.7 Å². The van der Waals surface area contributed by atoms with Crippen LogP contribution >= 0.6 is 0 Å². The first-order valence-electron chi connectivity index (χ1n) is 6.10. The monoisotopic (exact) mass is 261 g/mol. The maximum absolute atomic E-state index is 9.26. The maximum atomic E-state index is 9.26. The molecule has 3 rings (SSSR count). The third kappa shape index (κ3) is 1.99. The number of fused-ring (bicyclic) bond motifs is 1. The maximum Gasteiger partial charge on any atom is 0.224 e. The van der Waals surface area contributed by atoms with Crippen molar-refractivity contribution in [2.75, 3.05) is 18.1 Å². The molecule has 8 heteroatoms. The summed E-state index contributed by atoms with van der Waals surface area (Å²) in [5.41, 5.74) is 12.3. The summed E-state index contributed by atoms with van der Waals surface area (Å²) in [4.78, 5) is 8.01. The molecule has 8 nitrogen and oxygen atoms in total. The van der Waals surface area contributed by atoms with Crippen LogP contribution in [0.15, 0.2) is 12.2 Å². The molecule has 0 fully saturated rings. The first-order valence-corrected chi connectivity index (χ1v) is 6.10. The van der Waals surface area contributed by atoms with E-state index in [1.54, 1.807) is 4.68 Å². The Morgan fingerprint density at radius 2 is 2.21 bits per heavy atom. The van der Waals surface area contributed by atoms with E-state index in [1.807, 2.05) is 12.2 Å². The zero-order valence-corrected chi connectivity index (χ0v) is 10.3. The predicted octanol–water partition coefficient (Wildman–Crippen LogP) is -0.115. The summed E-state index contributed by atoms with van der Waals surface area (Å²) >= 11 is 0. The van der Waals surface area contributed by atoms with E-state index in [9.17, 15) is 5.11 Å². The highest BCUT2D eigenvalue weighted by atomic mass is 16.3. The number of nitrogens with zero attached hydrogens (tertiary/aromatic N) is 5. The third-order valence-electron chi connectivity index (χ3n) is 3.34. The number of nitrogen functional groups attached to an aromatic ring is 2. The van der Waals surface area contributed by atoms with E-state index in [0.29, 0.717) is 11.2 Å². The zero-order chi connectivity index (χ0) is 13.4. The average Bonchev–Trinajstić information content (AvgIpc) is 2.82. The molecule has 0 saturated heterocycles. The van der Waals surface area contributed by atoms with Crippen molar-refractivity contribution in [3.05, 3.63) is 12.2 Å². The second-order valence-corrected chi connectivity index (χ2v) is 4.69. The molecule has 1 aliphatic rings. The molecular formula is C11H15N7O. The highest BCUT2D eigenvalue weighted by Gasteiger charge is 2.22. The molecule has 5 N–H and O–H groups in total. The number of anilines is 2. The Balaban J connectivity index is 2.06. The van der Waals surface area contributed by atoms with Crippen molar-refractivity contribution in [3.63, 3.8) is 0 Å². The van der Waals surface area contributed by atoms with Crippen LogP contribution in [0.3, 0.4) is 0 Å². The third-order valence-corrected chi connectivity index (χ3v) is 3.34. The van der Waals surface area contributed by atoms with Gasteiger partial charge in [0.25, 0.3) is 0 Å². The quantitative estimate of drug-likeness (QED) is 0.643. The van der Waals surface area contributed by atoms with Crippen LogP contribution in [-0.2, 0) is 0 Å². The van der Waals surface area contributed by atoms with Gasteiger partial charge >= 0.3 is 0 Å². The molecule has 2 aromatic heterocycles. The van der Waals surface area contributed by atoms with Crippen molar-refractivity contribution < 1.29 is 5.11 Å². The summed E-state index contributed by atoms with van der Waals surface area (Å²) in [6.45, 7) is 0.159. The van der Waals surface area contributed by atoms with Gasteiger partial charge in [-0.3, -0.25) is 0 Å². The van der Waals surface area contributed by atoms with Gasteiger partial charge in [0.2, 0.25) is 5.95 Å².